The third kappa shape index (κ3) is 6.38. The molecule has 0 saturated heterocycles. The normalized spacial score (nSPS) is 11.1. The predicted octanol–water partition coefficient (Wildman–Crippen LogP) is 5.30. The average Bonchev–Trinajstić information content (AvgIpc) is 2.78. The number of hydrogen-bond acceptors (Lipinski definition) is 4. The summed E-state index contributed by atoms with van der Waals surface area (Å²) < 4.78 is 20.0. The first-order valence-electron chi connectivity index (χ1n) is 9.41. The number of amides is 2. The molecule has 32 heavy (non-hydrogen) atoms. The van der Waals surface area contributed by atoms with Gasteiger partial charge in [-0.2, -0.15) is 5.10 Å². The third-order valence-electron chi connectivity index (χ3n) is 4.33. The molecule has 0 bridgehead atoms. The number of benzene rings is 3. The van der Waals surface area contributed by atoms with E-state index in [1.165, 1.54) is 12.1 Å². The number of rotatable bonds is 6. The number of carbonyl (C=O) groups excluding carboxylic acids is 2. The van der Waals surface area contributed by atoms with Crippen LogP contribution in [0.25, 0.3) is 0 Å². The van der Waals surface area contributed by atoms with E-state index in [2.05, 4.69) is 31.8 Å². The molecule has 0 atom stereocenters. The van der Waals surface area contributed by atoms with Crippen molar-refractivity contribution in [2.75, 3.05) is 5.32 Å². The van der Waals surface area contributed by atoms with Crippen molar-refractivity contribution in [3.8, 4) is 5.75 Å². The number of carbonyl (C=O) groups is 2. The molecule has 9 heteroatoms. The molecule has 0 aliphatic heterocycles. The average molecular weight is 519 g/mol. The Hall–Kier alpha value is -3.23. The molecule has 3 aromatic carbocycles. The van der Waals surface area contributed by atoms with Gasteiger partial charge in [-0.15, -0.1) is 0 Å². The lowest BCUT2D eigenvalue weighted by Crippen LogP contribution is -2.33. The molecule has 2 N–H and O–H groups in total. The van der Waals surface area contributed by atoms with E-state index < -0.39 is 17.6 Å². The van der Waals surface area contributed by atoms with Gasteiger partial charge >= 0.3 is 11.8 Å². The molecule has 0 fully saturated rings. The van der Waals surface area contributed by atoms with Gasteiger partial charge in [-0.05, 0) is 61.0 Å². The van der Waals surface area contributed by atoms with Gasteiger partial charge < -0.3 is 10.1 Å². The van der Waals surface area contributed by atoms with Crippen LogP contribution in [0.15, 0.2) is 76.3 Å². The summed E-state index contributed by atoms with van der Waals surface area (Å²) in [5.74, 6) is -2.09. The topological polar surface area (TPSA) is 79.8 Å². The maximum absolute atomic E-state index is 13.8. The van der Waals surface area contributed by atoms with Gasteiger partial charge in [0.05, 0.1) is 11.4 Å². The van der Waals surface area contributed by atoms with Crippen molar-refractivity contribution in [3.63, 3.8) is 0 Å². The summed E-state index contributed by atoms with van der Waals surface area (Å²) in [4.78, 5) is 23.9. The summed E-state index contributed by atoms with van der Waals surface area (Å²) >= 11 is 9.24. The van der Waals surface area contributed by atoms with Crippen LogP contribution in [0.1, 0.15) is 18.1 Å². The van der Waals surface area contributed by atoms with Crippen molar-refractivity contribution in [1.29, 1.82) is 0 Å². The van der Waals surface area contributed by atoms with E-state index in [9.17, 15) is 14.0 Å². The highest BCUT2D eigenvalue weighted by Gasteiger charge is 2.15. The Balaban J connectivity index is 1.55. The quantitative estimate of drug-likeness (QED) is 0.264. The first-order valence-corrected chi connectivity index (χ1v) is 10.6. The molecule has 0 aromatic heterocycles. The number of nitrogens with zero attached hydrogens (tertiary/aromatic N) is 1. The number of nitrogens with one attached hydrogen (secondary N) is 2. The molecule has 6 nitrogen and oxygen atoms in total. The van der Waals surface area contributed by atoms with E-state index in [1.54, 1.807) is 43.3 Å². The summed E-state index contributed by atoms with van der Waals surface area (Å²) in [6.45, 7) is 2.00. The van der Waals surface area contributed by atoms with Gasteiger partial charge in [0.25, 0.3) is 0 Å². The molecule has 0 spiro atoms. The summed E-state index contributed by atoms with van der Waals surface area (Å²) in [5.41, 5.74) is 4.11. The minimum atomic E-state index is -1.04. The minimum Gasteiger partial charge on any atom is -0.489 e. The fourth-order valence-electron chi connectivity index (χ4n) is 2.59. The maximum atomic E-state index is 13.8. The molecule has 0 aliphatic carbocycles. The fraction of sp³-hybridized carbons (Fsp3) is 0.0870. The monoisotopic (exact) mass is 517 g/mol. The van der Waals surface area contributed by atoms with Crippen molar-refractivity contribution in [2.24, 2.45) is 5.10 Å². The minimum absolute atomic E-state index is 0.110. The summed E-state index contributed by atoms with van der Waals surface area (Å²) in [5, 5.41) is 6.76. The van der Waals surface area contributed by atoms with Crippen LogP contribution < -0.4 is 15.5 Å². The number of anilines is 1. The van der Waals surface area contributed by atoms with Crippen molar-refractivity contribution in [1.82, 2.24) is 5.43 Å². The highest BCUT2D eigenvalue weighted by Crippen LogP contribution is 2.20. The van der Waals surface area contributed by atoms with Crippen LogP contribution in [0.2, 0.25) is 5.02 Å². The number of ether oxygens (including phenoxy) is 1. The molecule has 3 aromatic rings. The van der Waals surface area contributed by atoms with Crippen LogP contribution >= 0.6 is 27.5 Å². The zero-order chi connectivity index (χ0) is 23.1. The van der Waals surface area contributed by atoms with Gasteiger partial charge in [-0.3, -0.25) is 9.59 Å². The number of hydrogen-bond donors (Lipinski definition) is 2. The van der Waals surface area contributed by atoms with E-state index in [-0.39, 0.29) is 5.69 Å². The Bertz CT molecular complexity index is 1170. The lowest BCUT2D eigenvalue weighted by Gasteiger charge is -2.09. The second-order valence-corrected chi connectivity index (χ2v) is 7.94. The second-order valence-electron chi connectivity index (χ2n) is 6.62. The Morgan fingerprint density at radius 3 is 2.47 bits per heavy atom. The van der Waals surface area contributed by atoms with Gasteiger partial charge in [-0.25, -0.2) is 9.82 Å². The van der Waals surface area contributed by atoms with E-state index >= 15 is 0 Å². The Morgan fingerprint density at radius 1 is 1.06 bits per heavy atom. The molecule has 2 amide bonds. The first kappa shape index (κ1) is 23.4. The molecule has 0 radical (unpaired) electrons. The molecule has 164 valence electrons. The molecule has 0 aliphatic rings. The van der Waals surface area contributed by atoms with E-state index in [1.807, 2.05) is 18.2 Å². The second kappa shape index (κ2) is 10.9. The zero-order valence-electron chi connectivity index (χ0n) is 16.9. The Labute approximate surface area is 197 Å². The van der Waals surface area contributed by atoms with E-state index in [0.717, 1.165) is 11.1 Å². The highest BCUT2D eigenvalue weighted by molar-refractivity contribution is 9.10. The predicted molar refractivity (Wildman–Crippen MR) is 125 cm³/mol. The summed E-state index contributed by atoms with van der Waals surface area (Å²) in [6, 6.07) is 18.5. The van der Waals surface area contributed by atoms with Crippen LogP contribution in [0.4, 0.5) is 10.1 Å². The molecule has 0 heterocycles. The standard InChI is InChI=1S/C23H18BrClFN3O3/c1-14(28-29-23(31)22(30)27-21-11-8-17(24)12-20(21)26)15-6-9-18(10-7-15)32-13-16-4-2-3-5-19(16)25/h2-12H,13H2,1H3,(H,27,30)(H,29,31)/b28-14+. The smallest absolute Gasteiger partial charge is 0.329 e. The van der Waals surface area contributed by atoms with Crippen LogP contribution in [-0.4, -0.2) is 17.5 Å². The number of hydrazone groups is 1. The van der Waals surface area contributed by atoms with Crippen LogP contribution in [-0.2, 0) is 16.2 Å². The largest absolute Gasteiger partial charge is 0.489 e. The highest BCUT2D eigenvalue weighted by atomic mass is 79.9. The first-order chi connectivity index (χ1) is 15.3. The SMILES string of the molecule is C/C(=N\NC(=O)C(=O)Nc1ccc(Br)cc1F)c1ccc(OCc2ccccc2Cl)cc1. The molecular formula is C23H18BrClFN3O3. The van der Waals surface area contributed by atoms with Gasteiger partial charge in [0.1, 0.15) is 18.2 Å². The van der Waals surface area contributed by atoms with E-state index in [0.29, 0.717) is 27.6 Å². The fourth-order valence-corrected chi connectivity index (χ4v) is 3.11. The number of halogens is 3. The van der Waals surface area contributed by atoms with Gasteiger partial charge in [0, 0.05) is 15.1 Å². The van der Waals surface area contributed by atoms with Gasteiger partial charge in [0.15, 0.2) is 0 Å². The van der Waals surface area contributed by atoms with Gasteiger partial charge in [0.2, 0.25) is 0 Å². The Morgan fingerprint density at radius 2 is 1.78 bits per heavy atom. The van der Waals surface area contributed by atoms with Crippen LogP contribution in [0, 0.1) is 5.82 Å². The van der Waals surface area contributed by atoms with Gasteiger partial charge in [-0.1, -0.05) is 45.7 Å². The maximum Gasteiger partial charge on any atom is 0.329 e. The summed E-state index contributed by atoms with van der Waals surface area (Å²) in [6.07, 6.45) is 0. The third-order valence-corrected chi connectivity index (χ3v) is 5.20. The molecule has 3 rings (SSSR count). The van der Waals surface area contributed by atoms with Crippen molar-refractivity contribution < 1.29 is 18.7 Å². The lowest BCUT2D eigenvalue weighted by atomic mass is 10.1. The Kier molecular flexibility index (Phi) is 7.97. The summed E-state index contributed by atoms with van der Waals surface area (Å²) in [7, 11) is 0. The van der Waals surface area contributed by atoms with E-state index in [4.69, 9.17) is 16.3 Å². The van der Waals surface area contributed by atoms with Crippen molar-refractivity contribution >= 4 is 50.7 Å². The molecule has 0 unspecified atom stereocenters. The van der Waals surface area contributed by atoms with Crippen molar-refractivity contribution in [3.05, 3.63) is 93.2 Å². The van der Waals surface area contributed by atoms with Crippen molar-refractivity contribution in [2.45, 2.75) is 13.5 Å². The molecule has 0 saturated carbocycles. The van der Waals surface area contributed by atoms with Crippen LogP contribution in [0.5, 0.6) is 5.75 Å². The van der Waals surface area contributed by atoms with Crippen LogP contribution in [0.3, 0.4) is 0 Å². The zero-order valence-corrected chi connectivity index (χ0v) is 19.2. The lowest BCUT2D eigenvalue weighted by molar-refractivity contribution is -0.136. The molecular weight excluding hydrogens is 501 g/mol.